The van der Waals surface area contributed by atoms with Crippen LogP contribution in [0.25, 0.3) is 11.3 Å². The number of aryl methyl sites for hydroxylation is 1. The number of methoxy groups -OCH3 is 1. The maximum atomic E-state index is 12.8. The van der Waals surface area contributed by atoms with Gasteiger partial charge < -0.3 is 14.8 Å². The third-order valence-corrected chi connectivity index (χ3v) is 4.49. The Labute approximate surface area is 176 Å². The normalized spacial score (nSPS) is 12.2. The molecule has 0 aliphatic carbocycles. The number of halogens is 4. The highest BCUT2D eigenvalue weighted by atomic mass is 35.5. The van der Waals surface area contributed by atoms with Gasteiger partial charge in [0.2, 0.25) is 0 Å². The van der Waals surface area contributed by atoms with Crippen molar-refractivity contribution in [2.45, 2.75) is 39.0 Å². The summed E-state index contributed by atoms with van der Waals surface area (Å²) in [6.45, 7) is 2.89. The molecule has 0 radical (unpaired) electrons. The van der Waals surface area contributed by atoms with E-state index >= 15 is 0 Å². The fraction of sp³-hybridized carbons (Fsp3) is 0.421. The zero-order valence-corrected chi connectivity index (χ0v) is 17.3. The highest BCUT2D eigenvalue weighted by molar-refractivity contribution is 6.36. The Kier molecular flexibility index (Phi) is 7.56. The summed E-state index contributed by atoms with van der Waals surface area (Å²) in [4.78, 5) is 12.2. The van der Waals surface area contributed by atoms with Crippen molar-refractivity contribution in [1.29, 1.82) is 5.26 Å². The molecule has 0 amide bonds. The first-order valence-electron chi connectivity index (χ1n) is 8.96. The van der Waals surface area contributed by atoms with Crippen LogP contribution >= 0.6 is 11.6 Å². The molecule has 1 aromatic carbocycles. The molecule has 0 saturated carbocycles. The second-order valence-corrected chi connectivity index (χ2v) is 6.56. The highest BCUT2D eigenvalue weighted by Crippen LogP contribution is 2.39. The number of rotatable bonds is 8. The summed E-state index contributed by atoms with van der Waals surface area (Å²) in [5.41, 5.74) is 0.752. The summed E-state index contributed by atoms with van der Waals surface area (Å²) in [5.74, 6) is -0.513. The van der Waals surface area contributed by atoms with Gasteiger partial charge in [-0.25, -0.2) is 4.79 Å². The minimum atomic E-state index is -4.42. The second kappa shape index (κ2) is 9.71. The van der Waals surface area contributed by atoms with E-state index < -0.39 is 18.2 Å². The molecule has 30 heavy (non-hydrogen) atoms. The van der Waals surface area contributed by atoms with E-state index in [9.17, 15) is 18.0 Å². The first kappa shape index (κ1) is 23.3. The largest absolute Gasteiger partial charge is 0.496 e. The van der Waals surface area contributed by atoms with Gasteiger partial charge in [-0.15, -0.1) is 0 Å². The van der Waals surface area contributed by atoms with Crippen LogP contribution in [0, 0.1) is 11.3 Å². The third-order valence-electron chi connectivity index (χ3n) is 4.13. The third kappa shape index (κ3) is 5.16. The lowest BCUT2D eigenvalue weighted by atomic mass is 10.1. The Morgan fingerprint density at radius 3 is 2.70 bits per heavy atom. The lowest BCUT2D eigenvalue weighted by molar-refractivity contribution is -0.138. The van der Waals surface area contributed by atoms with Crippen LogP contribution in [0.15, 0.2) is 18.2 Å². The number of aromatic nitrogens is 2. The van der Waals surface area contributed by atoms with Crippen molar-refractivity contribution in [2.24, 2.45) is 0 Å². The van der Waals surface area contributed by atoms with Gasteiger partial charge in [-0.2, -0.15) is 23.5 Å². The number of nitrogens with one attached hydrogen (secondary N) is 1. The molecule has 2 aromatic rings. The lowest BCUT2D eigenvalue weighted by Gasteiger charge is -2.19. The molecule has 7 nitrogen and oxygen atoms in total. The van der Waals surface area contributed by atoms with E-state index in [0.29, 0.717) is 11.3 Å². The molecule has 0 bridgehead atoms. The molecule has 2 rings (SSSR count). The molecule has 11 heteroatoms. The van der Waals surface area contributed by atoms with Gasteiger partial charge >= 0.3 is 12.1 Å². The molecule has 0 aliphatic heterocycles. The number of benzene rings is 1. The minimum absolute atomic E-state index is 0.00550. The summed E-state index contributed by atoms with van der Waals surface area (Å²) in [7, 11) is 1.35. The molecule has 0 spiro atoms. The number of nitriles is 1. The molecular formula is C19H20ClF3N4O3. The van der Waals surface area contributed by atoms with Gasteiger partial charge in [0.25, 0.3) is 0 Å². The number of hydrogen-bond acceptors (Lipinski definition) is 6. The van der Waals surface area contributed by atoms with Gasteiger partial charge in [0, 0.05) is 17.3 Å². The van der Waals surface area contributed by atoms with Gasteiger partial charge in [-0.05, 0) is 26.0 Å². The standard InChI is InChI=1S/C19H20ClF3N4O3/c1-4-30-18(28)16-15(20)17(27(26-16)9-5-8-24)13-7-6-12(10-14(13)29-3)25-11(2)19(21,22)23/h6-7,10-11,25H,4-5,9H2,1-3H3/t11-/m1/s1. The number of carbonyl (C=O) groups excluding carboxylic acids is 1. The van der Waals surface area contributed by atoms with Crippen LogP contribution in [0.2, 0.25) is 5.02 Å². The van der Waals surface area contributed by atoms with E-state index in [4.69, 9.17) is 26.3 Å². The maximum Gasteiger partial charge on any atom is 0.408 e. The Hall–Kier alpha value is -2.93. The molecule has 1 aromatic heterocycles. The van der Waals surface area contributed by atoms with Gasteiger partial charge in [0.1, 0.15) is 16.8 Å². The van der Waals surface area contributed by atoms with Crippen LogP contribution in [0.3, 0.4) is 0 Å². The molecule has 0 aliphatic rings. The van der Waals surface area contributed by atoms with Crippen molar-refractivity contribution in [3.63, 3.8) is 0 Å². The predicted octanol–water partition coefficient (Wildman–Crippen LogP) is 4.67. The Bertz CT molecular complexity index is 954. The SMILES string of the molecule is CCOC(=O)c1nn(CCC#N)c(-c2ccc(N[C@H](C)C(F)(F)F)cc2OC)c1Cl. The fourth-order valence-corrected chi connectivity index (χ4v) is 2.97. The van der Waals surface area contributed by atoms with E-state index in [1.807, 2.05) is 6.07 Å². The Balaban J connectivity index is 2.53. The van der Waals surface area contributed by atoms with Crippen LogP contribution in [-0.4, -0.2) is 41.7 Å². The highest BCUT2D eigenvalue weighted by Gasteiger charge is 2.36. The summed E-state index contributed by atoms with van der Waals surface area (Å²) >= 11 is 6.40. The van der Waals surface area contributed by atoms with Crippen LogP contribution in [0.1, 0.15) is 30.8 Å². The first-order chi connectivity index (χ1) is 14.1. The van der Waals surface area contributed by atoms with Crippen molar-refractivity contribution in [3.8, 4) is 23.1 Å². The second-order valence-electron chi connectivity index (χ2n) is 6.19. The van der Waals surface area contributed by atoms with Gasteiger partial charge in [0.05, 0.1) is 38.4 Å². The van der Waals surface area contributed by atoms with Crippen LogP contribution in [0.4, 0.5) is 18.9 Å². The smallest absolute Gasteiger partial charge is 0.408 e. The number of alkyl halides is 3. The van der Waals surface area contributed by atoms with E-state index in [2.05, 4.69) is 10.4 Å². The number of nitrogens with zero attached hydrogens (tertiary/aromatic N) is 3. The summed E-state index contributed by atoms with van der Waals surface area (Å²) in [6, 6.07) is 4.54. The van der Waals surface area contributed by atoms with Gasteiger partial charge in [-0.3, -0.25) is 4.68 Å². The summed E-state index contributed by atoms with van der Waals surface area (Å²) < 4.78 is 50.2. The molecule has 1 heterocycles. The average Bonchev–Trinajstić information content (AvgIpc) is 3.01. The molecule has 162 valence electrons. The van der Waals surface area contributed by atoms with E-state index in [-0.39, 0.29) is 41.7 Å². The number of esters is 1. The van der Waals surface area contributed by atoms with Gasteiger partial charge in [0.15, 0.2) is 5.69 Å². The fourth-order valence-electron chi connectivity index (χ4n) is 2.65. The Morgan fingerprint density at radius 2 is 2.13 bits per heavy atom. The van der Waals surface area contributed by atoms with Crippen LogP contribution in [-0.2, 0) is 11.3 Å². The van der Waals surface area contributed by atoms with E-state index in [1.165, 1.54) is 30.0 Å². The van der Waals surface area contributed by atoms with E-state index in [0.717, 1.165) is 6.92 Å². The molecular weight excluding hydrogens is 425 g/mol. The molecule has 0 saturated heterocycles. The van der Waals surface area contributed by atoms with Crippen molar-refractivity contribution < 1.29 is 27.4 Å². The van der Waals surface area contributed by atoms with Crippen molar-refractivity contribution in [2.75, 3.05) is 19.0 Å². The number of hydrogen-bond donors (Lipinski definition) is 1. The van der Waals surface area contributed by atoms with Crippen molar-refractivity contribution >= 4 is 23.3 Å². The summed E-state index contributed by atoms with van der Waals surface area (Å²) in [6.07, 6.45) is -4.32. The molecule has 0 unspecified atom stereocenters. The van der Waals surface area contributed by atoms with Crippen LogP contribution < -0.4 is 10.1 Å². The van der Waals surface area contributed by atoms with Gasteiger partial charge in [-0.1, -0.05) is 11.6 Å². The predicted molar refractivity (Wildman–Crippen MR) is 105 cm³/mol. The quantitative estimate of drug-likeness (QED) is 0.595. The topological polar surface area (TPSA) is 89.2 Å². The van der Waals surface area contributed by atoms with Crippen molar-refractivity contribution in [1.82, 2.24) is 9.78 Å². The molecule has 1 N–H and O–H groups in total. The zero-order chi connectivity index (χ0) is 22.5. The monoisotopic (exact) mass is 444 g/mol. The summed E-state index contributed by atoms with van der Waals surface area (Å²) in [5, 5.41) is 15.4. The Morgan fingerprint density at radius 1 is 1.43 bits per heavy atom. The molecule has 1 atom stereocenters. The zero-order valence-electron chi connectivity index (χ0n) is 16.5. The van der Waals surface area contributed by atoms with Crippen LogP contribution in [0.5, 0.6) is 5.75 Å². The van der Waals surface area contributed by atoms with Crippen molar-refractivity contribution in [3.05, 3.63) is 28.9 Å². The molecule has 0 fully saturated rings. The number of carbonyl (C=O) groups is 1. The van der Waals surface area contributed by atoms with E-state index in [1.54, 1.807) is 6.92 Å². The maximum absolute atomic E-state index is 12.8. The minimum Gasteiger partial charge on any atom is -0.496 e. The first-order valence-corrected chi connectivity index (χ1v) is 9.33. The average molecular weight is 445 g/mol. The number of anilines is 1. The lowest BCUT2D eigenvalue weighted by Crippen LogP contribution is -2.33. The number of ether oxygens (including phenoxy) is 2.